The van der Waals surface area contributed by atoms with Gasteiger partial charge in [0.15, 0.2) is 0 Å². The molecule has 56 heavy (non-hydrogen) atoms. The monoisotopic (exact) mass is 760 g/mol. The van der Waals surface area contributed by atoms with Gasteiger partial charge in [-0.3, -0.25) is 9.59 Å². The van der Waals surface area contributed by atoms with Crippen molar-refractivity contribution >= 4 is 35.0 Å². The number of carbonyl (C=O) groups excluding carboxylic acids is 4. The van der Waals surface area contributed by atoms with Crippen LogP contribution in [0.2, 0.25) is 0 Å². The average molecular weight is 761 g/mol. The van der Waals surface area contributed by atoms with Gasteiger partial charge in [-0.05, 0) is 61.6 Å². The van der Waals surface area contributed by atoms with Crippen LogP contribution in [-0.4, -0.2) is 93.1 Å². The van der Waals surface area contributed by atoms with Crippen LogP contribution < -0.4 is 10.6 Å². The van der Waals surface area contributed by atoms with Crippen LogP contribution in [0.15, 0.2) is 72.0 Å². The van der Waals surface area contributed by atoms with Crippen LogP contribution in [0.5, 0.6) is 0 Å². The van der Waals surface area contributed by atoms with Gasteiger partial charge in [-0.2, -0.15) is 0 Å². The van der Waals surface area contributed by atoms with Crippen molar-refractivity contribution < 1.29 is 28.7 Å². The first-order valence-electron chi connectivity index (χ1n) is 18.6. The molecule has 4 atom stereocenters. The number of methoxy groups -OCH3 is 2. The first kappa shape index (κ1) is 39.3. The van der Waals surface area contributed by atoms with Crippen molar-refractivity contribution in [2.75, 3.05) is 27.3 Å². The maximum absolute atomic E-state index is 13.7. The minimum atomic E-state index is -0.745. The summed E-state index contributed by atoms with van der Waals surface area (Å²) in [6, 6.07) is 11.3. The third kappa shape index (κ3) is 8.47. The van der Waals surface area contributed by atoms with Crippen LogP contribution in [0, 0.1) is 23.7 Å². The molecule has 0 saturated heterocycles. The van der Waals surface area contributed by atoms with Gasteiger partial charge in [-0.25, -0.2) is 19.6 Å². The van der Waals surface area contributed by atoms with Crippen LogP contribution in [0.25, 0.3) is 22.3 Å². The Morgan fingerprint density at radius 1 is 0.750 bits per heavy atom. The number of amides is 4. The van der Waals surface area contributed by atoms with E-state index in [1.807, 2.05) is 96.2 Å². The first-order valence-corrected chi connectivity index (χ1v) is 18.6. The summed E-state index contributed by atoms with van der Waals surface area (Å²) < 4.78 is 9.51. The number of H-pyrrole nitrogens is 2. The number of aromatic nitrogens is 4. The van der Waals surface area contributed by atoms with Gasteiger partial charge in [-0.15, -0.1) is 0 Å². The Morgan fingerprint density at radius 2 is 1.27 bits per heavy atom. The minimum Gasteiger partial charge on any atom is -0.453 e. The fraction of sp³-hybridized carbons (Fsp3) is 0.381. The van der Waals surface area contributed by atoms with Crippen LogP contribution in [0.3, 0.4) is 0 Å². The highest BCUT2D eigenvalue weighted by molar-refractivity contribution is 5.88. The molecule has 6 rings (SSSR count). The van der Waals surface area contributed by atoms with E-state index in [9.17, 15) is 19.2 Å². The molecule has 14 nitrogen and oxygen atoms in total. The molecule has 14 heteroatoms. The van der Waals surface area contributed by atoms with E-state index in [1.54, 1.807) is 16.0 Å². The summed E-state index contributed by atoms with van der Waals surface area (Å²) >= 11 is 0. The molecule has 4 heterocycles. The van der Waals surface area contributed by atoms with Crippen molar-refractivity contribution in [3.63, 3.8) is 0 Å². The second kappa shape index (κ2) is 16.6. The molecule has 2 aromatic carbocycles. The normalized spacial score (nSPS) is 17.6. The molecule has 0 spiro atoms. The molecule has 4 aromatic rings. The Hall–Kier alpha value is -6.36. The SMILES string of the molecule is COC(=O)N[C@H](C(=O)N1CC(C)=C[C@H]1c1ncc(-c2ccc(C#Cc3ccc4nc([C@@H]5C=C(C)CN5C(=O)[C@@H](NC(=O)OC)C(C)C)[nH]c4c3)cc2)[nH]1)C(C)C. The number of rotatable bonds is 9. The summed E-state index contributed by atoms with van der Waals surface area (Å²) in [6.07, 6.45) is 4.47. The van der Waals surface area contributed by atoms with Crippen molar-refractivity contribution in [3.05, 3.63) is 94.7 Å². The lowest BCUT2D eigenvalue weighted by Crippen LogP contribution is -2.51. The molecule has 292 valence electrons. The Kier molecular flexibility index (Phi) is 11.6. The molecule has 0 unspecified atom stereocenters. The first-order chi connectivity index (χ1) is 26.8. The lowest BCUT2D eigenvalue weighted by atomic mass is 10.0. The smallest absolute Gasteiger partial charge is 0.407 e. The third-order valence-electron chi connectivity index (χ3n) is 9.95. The summed E-state index contributed by atoms with van der Waals surface area (Å²) in [7, 11) is 2.55. The molecule has 0 radical (unpaired) electrons. The standard InChI is InChI=1S/C42H48N8O6/c1-23(2)35(47-41(53)55-7)39(51)49-21-25(5)17-33(49)37-43-20-32(46-37)29-14-11-27(12-15-29)9-10-28-13-16-30-31(19-28)45-38(44-30)34-18-26(6)22-50(34)40(52)36(24(3)4)48-42(54)56-8/h11-20,23-24,33-36H,21-22H2,1-8H3,(H,43,46)(H,44,45)(H,47,53)(H,48,54)/t33-,34-,35-,36-/m0/s1. The highest BCUT2D eigenvalue weighted by Crippen LogP contribution is 2.33. The summed E-state index contributed by atoms with van der Waals surface area (Å²) in [4.78, 5) is 70.9. The highest BCUT2D eigenvalue weighted by Gasteiger charge is 2.38. The van der Waals surface area contributed by atoms with E-state index in [-0.39, 0.29) is 23.7 Å². The number of nitrogens with one attached hydrogen (secondary N) is 4. The quantitative estimate of drug-likeness (QED) is 0.123. The number of ether oxygens (including phenoxy) is 2. The Bertz CT molecular complexity index is 2260. The number of imidazole rings is 2. The van der Waals surface area contributed by atoms with Gasteiger partial charge in [0.05, 0.1) is 37.1 Å². The second-order valence-corrected chi connectivity index (χ2v) is 14.9. The van der Waals surface area contributed by atoms with Gasteiger partial charge in [-0.1, -0.05) is 75.0 Å². The minimum absolute atomic E-state index is 0.144. The van der Waals surface area contributed by atoms with E-state index in [0.717, 1.165) is 44.6 Å². The van der Waals surface area contributed by atoms with E-state index in [1.165, 1.54) is 14.2 Å². The van der Waals surface area contributed by atoms with E-state index >= 15 is 0 Å². The molecule has 4 amide bonds. The van der Waals surface area contributed by atoms with Gasteiger partial charge in [0.1, 0.15) is 35.8 Å². The molecular formula is C42H48N8O6. The predicted octanol–water partition coefficient (Wildman–Crippen LogP) is 5.77. The number of fused-ring (bicyclic) bond motifs is 1. The predicted molar refractivity (Wildman–Crippen MR) is 211 cm³/mol. The molecule has 4 N–H and O–H groups in total. The van der Waals surface area contributed by atoms with Crippen molar-refractivity contribution in [1.29, 1.82) is 0 Å². The molecule has 0 saturated carbocycles. The number of benzene rings is 2. The zero-order valence-electron chi connectivity index (χ0n) is 32.9. The largest absolute Gasteiger partial charge is 0.453 e. The van der Waals surface area contributed by atoms with Crippen molar-refractivity contribution in [2.45, 2.75) is 65.7 Å². The van der Waals surface area contributed by atoms with E-state index in [2.05, 4.69) is 37.4 Å². The number of alkyl carbamates (subject to hydrolysis) is 2. The van der Waals surface area contributed by atoms with E-state index in [0.29, 0.717) is 24.7 Å². The van der Waals surface area contributed by atoms with Crippen molar-refractivity contribution in [3.8, 4) is 23.1 Å². The number of hydrogen-bond donors (Lipinski definition) is 4. The number of nitrogens with zero attached hydrogens (tertiary/aromatic N) is 4. The number of carbonyl (C=O) groups is 4. The van der Waals surface area contributed by atoms with Gasteiger partial charge in [0, 0.05) is 24.2 Å². The zero-order valence-corrected chi connectivity index (χ0v) is 32.9. The average Bonchev–Trinajstić information content (AvgIpc) is 3.99. The zero-order chi connectivity index (χ0) is 40.3. The van der Waals surface area contributed by atoms with Crippen LogP contribution in [0.1, 0.15) is 76.4 Å². The van der Waals surface area contributed by atoms with Gasteiger partial charge in [0.25, 0.3) is 0 Å². The second-order valence-electron chi connectivity index (χ2n) is 14.9. The van der Waals surface area contributed by atoms with Crippen LogP contribution in [-0.2, 0) is 19.1 Å². The molecule has 0 aliphatic carbocycles. The Balaban J connectivity index is 1.15. The topological polar surface area (TPSA) is 175 Å². The number of aromatic amines is 2. The van der Waals surface area contributed by atoms with E-state index in [4.69, 9.17) is 14.5 Å². The fourth-order valence-corrected chi connectivity index (χ4v) is 6.96. The molecular weight excluding hydrogens is 713 g/mol. The maximum atomic E-state index is 13.7. The summed E-state index contributed by atoms with van der Waals surface area (Å²) in [5.74, 6) is 7.03. The van der Waals surface area contributed by atoms with Crippen molar-refractivity contribution in [2.24, 2.45) is 11.8 Å². The Labute approximate surface area is 326 Å². The lowest BCUT2D eigenvalue weighted by molar-refractivity contribution is -0.135. The van der Waals surface area contributed by atoms with E-state index < -0.39 is 36.4 Å². The van der Waals surface area contributed by atoms with Crippen molar-refractivity contribution in [1.82, 2.24) is 40.4 Å². The third-order valence-corrected chi connectivity index (χ3v) is 9.95. The molecule has 0 bridgehead atoms. The summed E-state index contributed by atoms with van der Waals surface area (Å²) in [5, 5.41) is 5.35. The highest BCUT2D eigenvalue weighted by atomic mass is 16.5. The summed E-state index contributed by atoms with van der Waals surface area (Å²) in [5.41, 5.74) is 6.93. The molecule has 2 aliphatic heterocycles. The van der Waals surface area contributed by atoms with Crippen LogP contribution in [0.4, 0.5) is 9.59 Å². The number of hydrogen-bond acceptors (Lipinski definition) is 8. The molecule has 2 aliphatic rings. The molecule has 2 aromatic heterocycles. The van der Waals surface area contributed by atoms with Gasteiger partial charge < -0.3 is 39.9 Å². The summed E-state index contributed by atoms with van der Waals surface area (Å²) in [6.45, 7) is 12.3. The lowest BCUT2D eigenvalue weighted by Gasteiger charge is -2.30. The van der Waals surface area contributed by atoms with Crippen LogP contribution >= 0.6 is 0 Å². The molecule has 0 fully saturated rings. The van der Waals surface area contributed by atoms with Gasteiger partial charge in [0.2, 0.25) is 11.8 Å². The van der Waals surface area contributed by atoms with Gasteiger partial charge >= 0.3 is 12.2 Å². The maximum Gasteiger partial charge on any atom is 0.407 e. The fourth-order valence-electron chi connectivity index (χ4n) is 6.96. The Morgan fingerprint density at radius 3 is 1.80 bits per heavy atom.